The second-order valence-electron chi connectivity index (χ2n) is 4.45. The number of aryl methyl sites for hydroxylation is 1. The molecule has 4 nitrogen and oxygen atoms in total. The molecule has 0 bridgehead atoms. The summed E-state index contributed by atoms with van der Waals surface area (Å²) in [5.41, 5.74) is 1.53. The minimum atomic E-state index is -3.58. The molecule has 7 heteroatoms. The van der Waals surface area contributed by atoms with Gasteiger partial charge in [-0.05, 0) is 42.3 Å². The van der Waals surface area contributed by atoms with Crippen molar-refractivity contribution in [1.29, 1.82) is 0 Å². The molecule has 0 aliphatic carbocycles. The van der Waals surface area contributed by atoms with E-state index in [-0.39, 0.29) is 10.8 Å². The lowest BCUT2D eigenvalue weighted by molar-refractivity contribution is 0.300. The van der Waals surface area contributed by atoms with Crippen LogP contribution in [0.5, 0.6) is 0 Å². The molecular weight excluding hydrogens is 374 g/mol. The third-order valence-electron chi connectivity index (χ3n) is 2.95. The van der Waals surface area contributed by atoms with Crippen LogP contribution in [0, 0.1) is 0 Å². The number of thiophene rings is 1. The first kappa shape index (κ1) is 16.5. The Labute approximate surface area is 137 Å². The number of sulfonamides is 1. The average molecular weight is 390 g/mol. The van der Waals surface area contributed by atoms with Gasteiger partial charge in [-0.2, -0.15) is 0 Å². The molecule has 1 aromatic heterocycles. The Hall–Kier alpha value is -0.890. The van der Waals surface area contributed by atoms with Crippen LogP contribution < -0.4 is 4.72 Å². The SMILES string of the molecule is CCc1cc(Br)ccc1NS(=O)(=O)c1ccc(CCO)s1. The summed E-state index contributed by atoms with van der Waals surface area (Å²) < 4.78 is 28.6. The van der Waals surface area contributed by atoms with Crippen LogP contribution in [-0.2, 0) is 22.9 Å². The highest BCUT2D eigenvalue weighted by atomic mass is 79.9. The van der Waals surface area contributed by atoms with Gasteiger partial charge in [0, 0.05) is 22.4 Å². The van der Waals surface area contributed by atoms with Gasteiger partial charge in [0.1, 0.15) is 4.21 Å². The van der Waals surface area contributed by atoms with Crippen molar-refractivity contribution >= 4 is 43.0 Å². The van der Waals surface area contributed by atoms with Gasteiger partial charge in [0.05, 0.1) is 5.69 Å². The van der Waals surface area contributed by atoms with E-state index >= 15 is 0 Å². The third kappa shape index (κ3) is 4.06. The molecule has 0 aliphatic rings. The topological polar surface area (TPSA) is 66.4 Å². The monoisotopic (exact) mass is 389 g/mol. The van der Waals surface area contributed by atoms with Crippen molar-refractivity contribution in [1.82, 2.24) is 0 Å². The Morgan fingerprint density at radius 1 is 1.29 bits per heavy atom. The second kappa shape index (κ2) is 6.91. The molecule has 0 amide bonds. The average Bonchev–Trinajstić information content (AvgIpc) is 2.90. The van der Waals surface area contributed by atoms with Crippen LogP contribution in [-0.4, -0.2) is 20.1 Å². The lowest BCUT2D eigenvalue weighted by Crippen LogP contribution is -2.12. The second-order valence-corrected chi connectivity index (χ2v) is 8.45. The van der Waals surface area contributed by atoms with Crippen molar-refractivity contribution in [3.8, 4) is 0 Å². The normalized spacial score (nSPS) is 11.6. The standard InChI is InChI=1S/C14H16BrNO3S2/c1-2-10-9-11(15)3-5-13(10)16-21(18,19)14-6-4-12(20-14)7-8-17/h3-6,9,16-17H,2,7-8H2,1H3. The maximum Gasteiger partial charge on any atom is 0.271 e. The van der Waals surface area contributed by atoms with Crippen molar-refractivity contribution in [2.45, 2.75) is 24.0 Å². The van der Waals surface area contributed by atoms with Gasteiger partial charge >= 0.3 is 0 Å². The molecule has 0 fully saturated rings. The number of aliphatic hydroxyl groups is 1. The van der Waals surface area contributed by atoms with Gasteiger partial charge in [-0.1, -0.05) is 22.9 Å². The smallest absolute Gasteiger partial charge is 0.271 e. The molecule has 2 rings (SSSR count). The highest BCUT2D eigenvalue weighted by molar-refractivity contribution is 9.10. The minimum absolute atomic E-state index is 0.0140. The van der Waals surface area contributed by atoms with E-state index in [0.717, 1.165) is 21.3 Å². The quantitative estimate of drug-likeness (QED) is 0.795. The summed E-state index contributed by atoms with van der Waals surface area (Å²) in [7, 11) is -3.58. The van der Waals surface area contributed by atoms with Crippen molar-refractivity contribution < 1.29 is 13.5 Å². The van der Waals surface area contributed by atoms with Gasteiger partial charge < -0.3 is 5.11 Å². The first-order valence-corrected chi connectivity index (χ1v) is 9.56. The Kier molecular flexibility index (Phi) is 5.43. The van der Waals surface area contributed by atoms with Crippen molar-refractivity contribution in [2.24, 2.45) is 0 Å². The van der Waals surface area contributed by atoms with Crippen molar-refractivity contribution in [3.63, 3.8) is 0 Å². The molecule has 0 atom stereocenters. The molecule has 21 heavy (non-hydrogen) atoms. The molecule has 114 valence electrons. The van der Waals surface area contributed by atoms with Crippen LogP contribution in [0.1, 0.15) is 17.4 Å². The van der Waals surface area contributed by atoms with Gasteiger partial charge in [0.2, 0.25) is 0 Å². The summed E-state index contributed by atoms with van der Waals surface area (Å²) in [6.45, 7) is 1.99. The fourth-order valence-corrected chi connectivity index (χ4v) is 4.75. The summed E-state index contributed by atoms with van der Waals surface area (Å²) in [5.74, 6) is 0. The van der Waals surface area contributed by atoms with Gasteiger partial charge in [0.25, 0.3) is 10.0 Å². The lowest BCUT2D eigenvalue weighted by Gasteiger charge is -2.11. The largest absolute Gasteiger partial charge is 0.396 e. The maximum atomic E-state index is 12.4. The summed E-state index contributed by atoms with van der Waals surface area (Å²) in [6, 6.07) is 8.77. The summed E-state index contributed by atoms with van der Waals surface area (Å²) in [5, 5.41) is 8.90. The Bertz CT molecular complexity index is 726. The van der Waals surface area contributed by atoms with Gasteiger partial charge in [-0.15, -0.1) is 11.3 Å². The first-order valence-electron chi connectivity index (χ1n) is 6.47. The molecule has 0 aliphatic heterocycles. The lowest BCUT2D eigenvalue weighted by atomic mass is 10.1. The Balaban J connectivity index is 2.28. The summed E-state index contributed by atoms with van der Waals surface area (Å²) >= 11 is 4.56. The number of hydrogen-bond acceptors (Lipinski definition) is 4. The fraction of sp³-hybridized carbons (Fsp3) is 0.286. The Morgan fingerprint density at radius 3 is 2.71 bits per heavy atom. The van der Waals surface area contributed by atoms with E-state index in [1.807, 2.05) is 19.1 Å². The number of nitrogens with one attached hydrogen (secondary N) is 1. The molecule has 0 spiro atoms. The highest BCUT2D eigenvalue weighted by Gasteiger charge is 2.18. The number of rotatable bonds is 6. The molecule has 1 aromatic carbocycles. The number of halogens is 1. The predicted molar refractivity (Wildman–Crippen MR) is 89.4 cm³/mol. The van der Waals surface area contributed by atoms with Crippen LogP contribution >= 0.6 is 27.3 Å². The molecular formula is C14H16BrNO3S2. The van der Waals surface area contributed by atoms with E-state index in [0.29, 0.717) is 12.1 Å². The van der Waals surface area contributed by atoms with E-state index in [9.17, 15) is 8.42 Å². The van der Waals surface area contributed by atoms with E-state index < -0.39 is 10.0 Å². The van der Waals surface area contributed by atoms with Gasteiger partial charge in [-0.3, -0.25) is 4.72 Å². The summed E-state index contributed by atoms with van der Waals surface area (Å²) in [4.78, 5) is 0.851. The molecule has 0 radical (unpaired) electrons. The summed E-state index contributed by atoms with van der Waals surface area (Å²) in [6.07, 6.45) is 1.20. The molecule has 1 heterocycles. The van der Waals surface area contributed by atoms with Crippen molar-refractivity contribution in [2.75, 3.05) is 11.3 Å². The van der Waals surface area contributed by atoms with Crippen molar-refractivity contribution in [3.05, 3.63) is 45.2 Å². The third-order valence-corrected chi connectivity index (χ3v) is 6.45. The van der Waals surface area contributed by atoms with E-state index in [1.54, 1.807) is 18.2 Å². The highest BCUT2D eigenvalue weighted by Crippen LogP contribution is 2.27. The van der Waals surface area contributed by atoms with Crippen LogP contribution in [0.15, 0.2) is 39.0 Å². The van der Waals surface area contributed by atoms with Crippen LogP contribution in [0.4, 0.5) is 5.69 Å². The molecule has 0 saturated heterocycles. The molecule has 2 aromatic rings. The minimum Gasteiger partial charge on any atom is -0.396 e. The zero-order valence-electron chi connectivity index (χ0n) is 11.5. The maximum absolute atomic E-state index is 12.4. The number of hydrogen-bond donors (Lipinski definition) is 2. The van der Waals surface area contributed by atoms with Crippen LogP contribution in [0.2, 0.25) is 0 Å². The number of aliphatic hydroxyl groups excluding tert-OH is 1. The van der Waals surface area contributed by atoms with Gasteiger partial charge in [0.15, 0.2) is 0 Å². The number of benzene rings is 1. The van der Waals surface area contributed by atoms with Crippen LogP contribution in [0.3, 0.4) is 0 Å². The van der Waals surface area contributed by atoms with E-state index in [2.05, 4.69) is 20.7 Å². The predicted octanol–water partition coefficient (Wildman–Crippen LogP) is 3.41. The van der Waals surface area contributed by atoms with E-state index in [4.69, 9.17) is 5.11 Å². The zero-order chi connectivity index (χ0) is 15.5. The zero-order valence-corrected chi connectivity index (χ0v) is 14.7. The van der Waals surface area contributed by atoms with Crippen LogP contribution in [0.25, 0.3) is 0 Å². The first-order chi connectivity index (χ1) is 9.96. The molecule has 0 saturated carbocycles. The fourth-order valence-electron chi connectivity index (χ4n) is 1.90. The van der Waals surface area contributed by atoms with Gasteiger partial charge in [-0.25, -0.2) is 8.42 Å². The Morgan fingerprint density at radius 2 is 2.05 bits per heavy atom. The molecule has 0 unspecified atom stereocenters. The number of anilines is 1. The molecule has 2 N–H and O–H groups in total. The van der Waals surface area contributed by atoms with E-state index in [1.165, 1.54) is 11.3 Å².